The van der Waals surface area contributed by atoms with Crippen LogP contribution >= 0.6 is 0 Å². The molecule has 3 nitrogen and oxygen atoms in total. The van der Waals surface area contributed by atoms with Crippen molar-refractivity contribution in [1.82, 2.24) is 4.90 Å². The second-order valence-electron chi connectivity index (χ2n) is 6.76. The van der Waals surface area contributed by atoms with Gasteiger partial charge in [-0.05, 0) is 57.3 Å². The Morgan fingerprint density at radius 2 is 1.55 bits per heavy atom. The van der Waals surface area contributed by atoms with E-state index in [1.165, 1.54) is 32.1 Å². The molecule has 0 spiro atoms. The quantitative estimate of drug-likeness (QED) is 0.926. The molecule has 3 heteroatoms. The van der Waals surface area contributed by atoms with Crippen molar-refractivity contribution in [3.8, 4) is 5.75 Å². The smallest absolute Gasteiger partial charge is 0.126 e. The van der Waals surface area contributed by atoms with Crippen molar-refractivity contribution in [3.05, 3.63) is 30.3 Å². The van der Waals surface area contributed by atoms with Gasteiger partial charge in [-0.15, -0.1) is 0 Å². The predicted octanol–water partition coefficient (Wildman–Crippen LogP) is 3.61. The SMILES string of the molecule is O[C@H]1[C@H](Oc2ccccc2)CCC[C@@H]1N1CCCCCCC1. The van der Waals surface area contributed by atoms with Crippen LogP contribution in [0.15, 0.2) is 30.3 Å². The molecule has 1 aliphatic heterocycles. The highest BCUT2D eigenvalue weighted by molar-refractivity contribution is 5.21. The summed E-state index contributed by atoms with van der Waals surface area (Å²) in [6.45, 7) is 2.28. The van der Waals surface area contributed by atoms with E-state index in [-0.39, 0.29) is 18.2 Å². The van der Waals surface area contributed by atoms with Gasteiger partial charge in [-0.3, -0.25) is 4.90 Å². The van der Waals surface area contributed by atoms with Crippen LogP contribution in [-0.4, -0.2) is 41.3 Å². The molecule has 3 rings (SSSR count). The Morgan fingerprint density at radius 1 is 0.864 bits per heavy atom. The summed E-state index contributed by atoms with van der Waals surface area (Å²) in [5.74, 6) is 0.875. The summed E-state index contributed by atoms with van der Waals surface area (Å²) < 4.78 is 6.07. The first-order valence-corrected chi connectivity index (χ1v) is 8.98. The van der Waals surface area contributed by atoms with Crippen molar-refractivity contribution in [2.75, 3.05) is 13.1 Å². The molecule has 2 aliphatic rings. The molecule has 1 saturated heterocycles. The summed E-state index contributed by atoms with van der Waals surface area (Å²) in [7, 11) is 0. The molecule has 22 heavy (non-hydrogen) atoms. The first-order valence-electron chi connectivity index (χ1n) is 8.98. The zero-order valence-corrected chi connectivity index (χ0v) is 13.5. The molecule has 3 atom stereocenters. The Kier molecular flexibility index (Phi) is 5.74. The number of aliphatic hydroxyl groups excluding tert-OH is 1. The summed E-state index contributed by atoms with van der Waals surface area (Å²) in [5, 5.41) is 10.8. The summed E-state index contributed by atoms with van der Waals surface area (Å²) in [4.78, 5) is 2.53. The molecule has 1 saturated carbocycles. The van der Waals surface area contributed by atoms with Crippen molar-refractivity contribution in [1.29, 1.82) is 0 Å². The summed E-state index contributed by atoms with van der Waals surface area (Å²) >= 11 is 0. The molecule has 1 N–H and O–H groups in total. The van der Waals surface area contributed by atoms with Gasteiger partial charge in [-0.1, -0.05) is 37.5 Å². The predicted molar refractivity (Wildman–Crippen MR) is 89.2 cm³/mol. The van der Waals surface area contributed by atoms with Crippen molar-refractivity contribution in [2.45, 2.75) is 69.6 Å². The number of aliphatic hydroxyl groups is 1. The number of para-hydroxylation sites is 1. The third-order valence-electron chi connectivity index (χ3n) is 5.15. The normalized spacial score (nSPS) is 31.2. The van der Waals surface area contributed by atoms with Gasteiger partial charge in [0.25, 0.3) is 0 Å². The fraction of sp³-hybridized carbons (Fsp3) is 0.684. The van der Waals surface area contributed by atoms with Gasteiger partial charge in [0, 0.05) is 6.04 Å². The summed E-state index contributed by atoms with van der Waals surface area (Å²) in [6, 6.07) is 10.2. The van der Waals surface area contributed by atoms with Crippen LogP contribution < -0.4 is 4.74 Å². The minimum atomic E-state index is -0.367. The van der Waals surface area contributed by atoms with Crippen LogP contribution in [0.25, 0.3) is 0 Å². The van der Waals surface area contributed by atoms with Gasteiger partial charge in [0.2, 0.25) is 0 Å². The third kappa shape index (κ3) is 4.02. The average Bonchev–Trinajstić information content (AvgIpc) is 2.51. The molecular formula is C19H29NO2. The minimum absolute atomic E-state index is 0.0633. The highest BCUT2D eigenvalue weighted by atomic mass is 16.5. The Balaban J connectivity index is 1.62. The molecule has 122 valence electrons. The van der Waals surface area contributed by atoms with Crippen molar-refractivity contribution < 1.29 is 9.84 Å². The lowest BCUT2D eigenvalue weighted by Crippen LogP contribution is -2.53. The molecule has 1 aliphatic carbocycles. The van der Waals surface area contributed by atoms with E-state index in [1.54, 1.807) is 0 Å². The van der Waals surface area contributed by atoms with Crippen LogP contribution in [0.3, 0.4) is 0 Å². The lowest BCUT2D eigenvalue weighted by atomic mass is 9.88. The molecular weight excluding hydrogens is 274 g/mol. The van der Waals surface area contributed by atoms with Crippen LogP contribution in [0.5, 0.6) is 5.75 Å². The Bertz CT molecular complexity index is 428. The molecule has 0 radical (unpaired) electrons. The zero-order chi connectivity index (χ0) is 15.2. The van der Waals surface area contributed by atoms with Crippen molar-refractivity contribution in [2.24, 2.45) is 0 Å². The number of nitrogens with zero attached hydrogens (tertiary/aromatic N) is 1. The zero-order valence-electron chi connectivity index (χ0n) is 13.5. The maximum Gasteiger partial charge on any atom is 0.126 e. The van der Waals surface area contributed by atoms with Gasteiger partial charge in [-0.25, -0.2) is 0 Å². The van der Waals surface area contributed by atoms with Crippen LogP contribution in [0.1, 0.15) is 51.4 Å². The number of hydrogen-bond donors (Lipinski definition) is 1. The van der Waals surface area contributed by atoms with E-state index < -0.39 is 0 Å². The number of benzene rings is 1. The minimum Gasteiger partial charge on any atom is -0.488 e. The highest BCUT2D eigenvalue weighted by Crippen LogP contribution is 2.28. The van der Waals surface area contributed by atoms with Gasteiger partial charge >= 0.3 is 0 Å². The van der Waals surface area contributed by atoms with Gasteiger partial charge < -0.3 is 9.84 Å². The monoisotopic (exact) mass is 303 g/mol. The van der Waals surface area contributed by atoms with Gasteiger partial charge in [0.1, 0.15) is 18.0 Å². The number of ether oxygens (including phenoxy) is 1. The largest absolute Gasteiger partial charge is 0.488 e. The highest BCUT2D eigenvalue weighted by Gasteiger charge is 2.36. The van der Waals surface area contributed by atoms with Crippen LogP contribution in [0, 0.1) is 0 Å². The molecule has 1 aromatic carbocycles. The third-order valence-corrected chi connectivity index (χ3v) is 5.15. The van der Waals surface area contributed by atoms with Gasteiger partial charge in [0.05, 0.1) is 0 Å². The molecule has 0 unspecified atom stereocenters. The fourth-order valence-electron chi connectivity index (χ4n) is 3.92. The maximum absolute atomic E-state index is 10.8. The van der Waals surface area contributed by atoms with Crippen LogP contribution in [0.4, 0.5) is 0 Å². The Labute approximate surface area is 134 Å². The molecule has 0 aromatic heterocycles. The van der Waals surface area contributed by atoms with Crippen LogP contribution in [0.2, 0.25) is 0 Å². The molecule has 1 heterocycles. The molecule has 0 amide bonds. The lowest BCUT2D eigenvalue weighted by Gasteiger charge is -2.42. The van der Waals surface area contributed by atoms with E-state index >= 15 is 0 Å². The van der Waals surface area contributed by atoms with E-state index in [1.807, 2.05) is 30.3 Å². The fourth-order valence-corrected chi connectivity index (χ4v) is 3.92. The summed E-state index contributed by atoms with van der Waals surface area (Å²) in [6.07, 6.45) is 9.38. The Hall–Kier alpha value is -1.06. The van der Waals surface area contributed by atoms with Crippen molar-refractivity contribution >= 4 is 0 Å². The van der Waals surface area contributed by atoms with E-state index in [4.69, 9.17) is 4.74 Å². The topological polar surface area (TPSA) is 32.7 Å². The average molecular weight is 303 g/mol. The van der Waals surface area contributed by atoms with E-state index in [0.29, 0.717) is 0 Å². The lowest BCUT2D eigenvalue weighted by molar-refractivity contribution is -0.0550. The van der Waals surface area contributed by atoms with Gasteiger partial charge in [-0.2, -0.15) is 0 Å². The van der Waals surface area contributed by atoms with Crippen molar-refractivity contribution in [3.63, 3.8) is 0 Å². The number of rotatable bonds is 3. The summed E-state index contributed by atoms with van der Waals surface area (Å²) in [5.41, 5.74) is 0. The second-order valence-corrected chi connectivity index (χ2v) is 6.76. The first-order chi connectivity index (χ1) is 10.8. The second kappa shape index (κ2) is 7.98. The molecule has 0 bridgehead atoms. The van der Waals surface area contributed by atoms with E-state index in [0.717, 1.165) is 38.1 Å². The number of hydrogen-bond acceptors (Lipinski definition) is 3. The first kappa shape index (κ1) is 15.8. The number of likely N-dealkylation sites (tertiary alicyclic amines) is 1. The molecule has 1 aromatic rings. The van der Waals surface area contributed by atoms with Crippen LogP contribution in [-0.2, 0) is 0 Å². The maximum atomic E-state index is 10.8. The van der Waals surface area contributed by atoms with E-state index in [9.17, 15) is 5.11 Å². The molecule has 2 fully saturated rings. The standard InChI is InChI=1S/C19H29NO2/c21-19-17(20-14-7-2-1-3-8-15-20)12-9-13-18(19)22-16-10-5-4-6-11-16/h4-6,10-11,17-19,21H,1-3,7-9,12-15H2/t17-,18+,19+/m0/s1. The Morgan fingerprint density at radius 3 is 2.27 bits per heavy atom. The van der Waals surface area contributed by atoms with E-state index in [2.05, 4.69) is 4.90 Å². The van der Waals surface area contributed by atoms with Gasteiger partial charge in [0.15, 0.2) is 0 Å².